The predicted octanol–water partition coefficient (Wildman–Crippen LogP) is 2.17. The van der Waals surface area contributed by atoms with Crippen LogP contribution >= 0.6 is 0 Å². The number of piperidine rings is 1. The third-order valence-corrected chi connectivity index (χ3v) is 1.56. The summed E-state index contributed by atoms with van der Waals surface area (Å²) >= 11 is 0. The molecule has 1 saturated heterocycles. The van der Waals surface area contributed by atoms with Gasteiger partial charge in [-0.15, -0.1) is 0 Å². The normalized spacial score (nSPS) is 26.3. The number of hydrogen-bond donors (Lipinski definition) is 1. The van der Waals surface area contributed by atoms with Crippen molar-refractivity contribution in [3.63, 3.8) is 0 Å². The Bertz CT molecular complexity index is 46.5. The van der Waals surface area contributed by atoms with Crippen LogP contribution in [0.3, 0.4) is 0 Å². The van der Waals surface area contributed by atoms with Gasteiger partial charge in [0.1, 0.15) is 0 Å². The number of hydrogen-bond acceptors (Lipinski definition) is 1. The summed E-state index contributed by atoms with van der Waals surface area (Å²) in [5.41, 5.74) is 0. The lowest BCUT2D eigenvalue weighted by Crippen LogP contribution is -2.30. The molecular formula is C8H19N. The minimum absolute atomic E-state index is 0.786. The van der Waals surface area contributed by atoms with Gasteiger partial charge in [-0.1, -0.05) is 20.3 Å². The van der Waals surface area contributed by atoms with Gasteiger partial charge >= 0.3 is 0 Å². The molecule has 0 aromatic carbocycles. The van der Waals surface area contributed by atoms with Crippen molar-refractivity contribution in [2.45, 2.75) is 46.1 Å². The standard InChI is InChI=1S/C6H13N.C2H6/c1-6-4-2-3-5-7-6;1-2/h6-7H,2-5H2,1H3;1-2H3/t6-;/m1./s1. The van der Waals surface area contributed by atoms with E-state index in [9.17, 15) is 0 Å². The van der Waals surface area contributed by atoms with Crippen LogP contribution < -0.4 is 5.32 Å². The molecular weight excluding hydrogens is 110 g/mol. The molecule has 1 rings (SSSR count). The highest BCUT2D eigenvalue weighted by molar-refractivity contribution is 4.65. The van der Waals surface area contributed by atoms with Crippen molar-refractivity contribution in [2.75, 3.05) is 6.54 Å². The van der Waals surface area contributed by atoms with E-state index in [2.05, 4.69) is 12.2 Å². The Morgan fingerprint density at radius 3 is 2.11 bits per heavy atom. The van der Waals surface area contributed by atoms with Gasteiger partial charge in [-0.05, 0) is 26.3 Å². The van der Waals surface area contributed by atoms with Crippen molar-refractivity contribution >= 4 is 0 Å². The van der Waals surface area contributed by atoms with Gasteiger partial charge in [0.2, 0.25) is 0 Å². The lowest BCUT2D eigenvalue weighted by atomic mass is 10.1. The van der Waals surface area contributed by atoms with E-state index in [1.807, 2.05) is 13.8 Å². The molecule has 0 radical (unpaired) electrons. The van der Waals surface area contributed by atoms with Gasteiger partial charge in [0.15, 0.2) is 0 Å². The first-order valence-electron chi connectivity index (χ1n) is 4.13. The van der Waals surface area contributed by atoms with Crippen molar-refractivity contribution < 1.29 is 0 Å². The molecule has 0 aromatic heterocycles. The van der Waals surface area contributed by atoms with Gasteiger partial charge in [-0.25, -0.2) is 0 Å². The highest BCUT2D eigenvalue weighted by Crippen LogP contribution is 2.04. The van der Waals surface area contributed by atoms with Crippen molar-refractivity contribution in [3.05, 3.63) is 0 Å². The van der Waals surface area contributed by atoms with E-state index < -0.39 is 0 Å². The third kappa shape index (κ3) is 4.46. The monoisotopic (exact) mass is 129 g/mol. The van der Waals surface area contributed by atoms with E-state index in [0.717, 1.165) is 6.04 Å². The lowest BCUT2D eigenvalue weighted by Gasteiger charge is -2.18. The largest absolute Gasteiger partial charge is 0.314 e. The van der Waals surface area contributed by atoms with Crippen LogP contribution in [0, 0.1) is 0 Å². The van der Waals surface area contributed by atoms with Crippen LogP contribution in [-0.2, 0) is 0 Å². The molecule has 1 heterocycles. The summed E-state index contributed by atoms with van der Waals surface area (Å²) in [6.45, 7) is 7.49. The van der Waals surface area contributed by atoms with Crippen LogP contribution in [0.2, 0.25) is 0 Å². The first-order valence-corrected chi connectivity index (χ1v) is 4.13. The molecule has 0 aliphatic carbocycles. The Balaban J connectivity index is 0.000000291. The zero-order valence-electron chi connectivity index (χ0n) is 6.91. The maximum atomic E-state index is 3.38. The van der Waals surface area contributed by atoms with Crippen LogP contribution in [0.5, 0.6) is 0 Å². The Kier molecular flexibility index (Phi) is 6.06. The molecule has 0 unspecified atom stereocenters. The summed E-state index contributed by atoms with van der Waals surface area (Å²) in [7, 11) is 0. The Morgan fingerprint density at radius 1 is 1.22 bits per heavy atom. The molecule has 1 aliphatic heterocycles. The van der Waals surface area contributed by atoms with E-state index in [0.29, 0.717) is 0 Å². The third-order valence-electron chi connectivity index (χ3n) is 1.56. The minimum atomic E-state index is 0.786. The van der Waals surface area contributed by atoms with E-state index in [4.69, 9.17) is 0 Å². The SMILES string of the molecule is CC.C[C@@H]1CCCCN1. The van der Waals surface area contributed by atoms with Crippen LogP contribution in [0.4, 0.5) is 0 Å². The molecule has 0 aromatic rings. The molecule has 1 N–H and O–H groups in total. The van der Waals surface area contributed by atoms with Gasteiger partial charge in [-0.2, -0.15) is 0 Å². The lowest BCUT2D eigenvalue weighted by molar-refractivity contribution is 0.425. The number of rotatable bonds is 0. The summed E-state index contributed by atoms with van der Waals surface area (Å²) in [6.07, 6.45) is 4.18. The van der Waals surface area contributed by atoms with Gasteiger partial charge in [-0.3, -0.25) is 0 Å². The molecule has 9 heavy (non-hydrogen) atoms. The molecule has 1 heteroatoms. The fourth-order valence-electron chi connectivity index (χ4n) is 1.03. The molecule has 0 spiro atoms. The van der Waals surface area contributed by atoms with Gasteiger partial charge in [0.25, 0.3) is 0 Å². The molecule has 1 nitrogen and oxygen atoms in total. The van der Waals surface area contributed by atoms with Crippen molar-refractivity contribution in [1.29, 1.82) is 0 Å². The zero-order chi connectivity index (χ0) is 7.11. The van der Waals surface area contributed by atoms with E-state index in [-0.39, 0.29) is 0 Å². The summed E-state index contributed by atoms with van der Waals surface area (Å²) in [4.78, 5) is 0. The zero-order valence-corrected chi connectivity index (χ0v) is 6.91. The quantitative estimate of drug-likeness (QED) is 0.528. The summed E-state index contributed by atoms with van der Waals surface area (Å²) < 4.78 is 0. The van der Waals surface area contributed by atoms with Gasteiger partial charge in [0.05, 0.1) is 0 Å². The van der Waals surface area contributed by atoms with E-state index >= 15 is 0 Å². The van der Waals surface area contributed by atoms with Crippen LogP contribution in [-0.4, -0.2) is 12.6 Å². The molecule has 0 saturated carbocycles. The first kappa shape index (κ1) is 8.96. The van der Waals surface area contributed by atoms with E-state index in [1.165, 1.54) is 25.8 Å². The molecule has 0 bridgehead atoms. The fraction of sp³-hybridized carbons (Fsp3) is 1.00. The highest BCUT2D eigenvalue weighted by atomic mass is 14.9. The fourth-order valence-corrected chi connectivity index (χ4v) is 1.03. The Morgan fingerprint density at radius 2 is 1.89 bits per heavy atom. The van der Waals surface area contributed by atoms with Gasteiger partial charge < -0.3 is 5.32 Å². The van der Waals surface area contributed by atoms with Crippen LogP contribution in [0.1, 0.15) is 40.0 Å². The second-order valence-corrected chi connectivity index (χ2v) is 2.35. The first-order chi connectivity index (χ1) is 4.39. The maximum Gasteiger partial charge on any atom is 0.00387 e. The second-order valence-electron chi connectivity index (χ2n) is 2.35. The minimum Gasteiger partial charge on any atom is -0.314 e. The predicted molar refractivity (Wildman–Crippen MR) is 42.7 cm³/mol. The smallest absolute Gasteiger partial charge is 0.00387 e. The Labute approximate surface area is 58.8 Å². The van der Waals surface area contributed by atoms with Crippen molar-refractivity contribution in [2.24, 2.45) is 0 Å². The van der Waals surface area contributed by atoms with Crippen LogP contribution in [0.25, 0.3) is 0 Å². The molecule has 1 fully saturated rings. The van der Waals surface area contributed by atoms with Crippen LogP contribution in [0.15, 0.2) is 0 Å². The topological polar surface area (TPSA) is 12.0 Å². The summed E-state index contributed by atoms with van der Waals surface area (Å²) in [5, 5.41) is 3.38. The summed E-state index contributed by atoms with van der Waals surface area (Å²) in [6, 6.07) is 0.786. The van der Waals surface area contributed by atoms with Crippen molar-refractivity contribution in [1.82, 2.24) is 5.32 Å². The van der Waals surface area contributed by atoms with E-state index in [1.54, 1.807) is 0 Å². The molecule has 56 valence electrons. The average molecular weight is 129 g/mol. The number of nitrogens with one attached hydrogen (secondary N) is 1. The second kappa shape index (κ2) is 6.09. The molecule has 1 atom stereocenters. The van der Waals surface area contributed by atoms with Gasteiger partial charge in [0, 0.05) is 6.04 Å². The Hall–Kier alpha value is -0.0400. The molecule has 0 amide bonds. The average Bonchev–Trinajstić information content (AvgIpc) is 1.94. The highest BCUT2D eigenvalue weighted by Gasteiger charge is 2.04. The maximum absolute atomic E-state index is 3.38. The van der Waals surface area contributed by atoms with Crippen molar-refractivity contribution in [3.8, 4) is 0 Å². The summed E-state index contributed by atoms with van der Waals surface area (Å²) in [5.74, 6) is 0. The molecule has 1 aliphatic rings.